The maximum atomic E-state index is 12.5. The summed E-state index contributed by atoms with van der Waals surface area (Å²) in [5, 5.41) is 2.87. The molecule has 7 heteroatoms. The molecule has 0 saturated carbocycles. The van der Waals surface area contributed by atoms with Crippen LogP contribution in [0.3, 0.4) is 0 Å². The fourth-order valence-electron chi connectivity index (χ4n) is 2.78. The smallest absolute Gasteiger partial charge is 0.326 e. The van der Waals surface area contributed by atoms with Gasteiger partial charge in [-0.15, -0.1) is 0 Å². The number of ether oxygens (including phenoxy) is 1. The Labute approximate surface area is 144 Å². The van der Waals surface area contributed by atoms with Gasteiger partial charge in [-0.3, -0.25) is 9.36 Å². The molecular formula is C18H21N3O4. The van der Waals surface area contributed by atoms with E-state index in [0.29, 0.717) is 16.8 Å². The summed E-state index contributed by atoms with van der Waals surface area (Å²) in [5.41, 5.74) is 1.08. The first-order valence-corrected chi connectivity index (χ1v) is 8.16. The molecule has 0 saturated heterocycles. The second-order valence-electron chi connectivity index (χ2n) is 5.77. The highest BCUT2D eigenvalue weighted by Gasteiger charge is 2.19. The molecule has 1 aromatic carbocycles. The molecule has 0 aliphatic rings. The summed E-state index contributed by atoms with van der Waals surface area (Å²) in [4.78, 5) is 27.3. The van der Waals surface area contributed by atoms with Gasteiger partial charge in [-0.2, -0.15) is 0 Å². The quantitative estimate of drug-likeness (QED) is 0.686. The van der Waals surface area contributed by atoms with Gasteiger partial charge in [-0.1, -0.05) is 19.1 Å². The minimum Gasteiger partial charge on any atom is -0.464 e. The summed E-state index contributed by atoms with van der Waals surface area (Å²) in [6.45, 7) is 2.20. The Balaban J connectivity index is 1.77. The Bertz CT molecular complexity index is 922. The lowest BCUT2D eigenvalue weighted by molar-refractivity contribution is -0.123. The normalized spacial score (nSPS) is 12.4. The Kier molecular flexibility index (Phi) is 5.04. The summed E-state index contributed by atoms with van der Waals surface area (Å²) in [6.07, 6.45) is 0.776. The molecule has 0 bridgehead atoms. The number of aromatic nitrogens is 2. The van der Waals surface area contributed by atoms with Crippen LogP contribution in [0, 0.1) is 0 Å². The summed E-state index contributed by atoms with van der Waals surface area (Å²) in [5.74, 6) is 1.19. The van der Waals surface area contributed by atoms with Crippen molar-refractivity contribution in [3.63, 3.8) is 0 Å². The average molecular weight is 343 g/mol. The van der Waals surface area contributed by atoms with E-state index < -0.39 is 6.04 Å². The van der Waals surface area contributed by atoms with Gasteiger partial charge in [-0.05, 0) is 24.3 Å². The summed E-state index contributed by atoms with van der Waals surface area (Å²) in [6, 6.07) is 10.6. The number of carbonyl (C=O) groups is 1. The zero-order valence-electron chi connectivity index (χ0n) is 14.2. The van der Waals surface area contributed by atoms with E-state index in [0.717, 1.165) is 12.2 Å². The van der Waals surface area contributed by atoms with Crippen molar-refractivity contribution in [3.8, 4) is 0 Å². The lowest BCUT2D eigenvalue weighted by atomic mass is 10.2. The van der Waals surface area contributed by atoms with E-state index >= 15 is 0 Å². The van der Waals surface area contributed by atoms with Crippen molar-refractivity contribution in [1.82, 2.24) is 14.9 Å². The monoisotopic (exact) mass is 343 g/mol. The Hall–Kier alpha value is -2.80. The number of furan rings is 1. The molecule has 0 unspecified atom stereocenters. The van der Waals surface area contributed by atoms with Gasteiger partial charge in [0.15, 0.2) is 0 Å². The van der Waals surface area contributed by atoms with E-state index in [-0.39, 0.29) is 24.7 Å². The van der Waals surface area contributed by atoms with Crippen LogP contribution in [-0.4, -0.2) is 29.2 Å². The molecule has 2 heterocycles. The topological polar surface area (TPSA) is 89.3 Å². The number of aromatic amines is 1. The summed E-state index contributed by atoms with van der Waals surface area (Å²) in [7, 11) is 1.56. The lowest BCUT2D eigenvalue weighted by Gasteiger charge is -2.16. The molecule has 1 atom stereocenters. The second kappa shape index (κ2) is 7.40. The number of amides is 1. The molecule has 3 aromatic rings. The molecular weight excluding hydrogens is 322 g/mol. The third-order valence-electron chi connectivity index (χ3n) is 4.03. The SMILES string of the molecule is CCc1ccc([C@@H](COC)NC(=O)Cn2c(=O)[nH]c3ccccc32)o1. The van der Waals surface area contributed by atoms with Gasteiger partial charge >= 0.3 is 5.69 Å². The van der Waals surface area contributed by atoms with Crippen molar-refractivity contribution in [2.24, 2.45) is 0 Å². The number of hydrogen-bond acceptors (Lipinski definition) is 4. The maximum Gasteiger partial charge on any atom is 0.326 e. The predicted molar refractivity (Wildman–Crippen MR) is 93.4 cm³/mol. The molecule has 0 aliphatic heterocycles. The molecule has 0 spiro atoms. The first-order valence-electron chi connectivity index (χ1n) is 8.16. The van der Waals surface area contributed by atoms with Crippen molar-refractivity contribution in [2.75, 3.05) is 13.7 Å². The third kappa shape index (κ3) is 3.66. The van der Waals surface area contributed by atoms with Crippen molar-refractivity contribution in [1.29, 1.82) is 0 Å². The van der Waals surface area contributed by atoms with Crippen LogP contribution in [0.1, 0.15) is 24.5 Å². The molecule has 2 N–H and O–H groups in total. The van der Waals surface area contributed by atoms with Crippen molar-refractivity contribution in [2.45, 2.75) is 25.9 Å². The Morgan fingerprint density at radius 2 is 2.12 bits per heavy atom. The number of aryl methyl sites for hydroxylation is 1. The zero-order chi connectivity index (χ0) is 17.8. The van der Waals surface area contributed by atoms with E-state index in [1.165, 1.54) is 4.57 Å². The largest absolute Gasteiger partial charge is 0.464 e. The number of imidazole rings is 1. The number of nitrogens with one attached hydrogen (secondary N) is 2. The number of para-hydroxylation sites is 2. The fraction of sp³-hybridized carbons (Fsp3) is 0.333. The molecule has 0 aliphatic carbocycles. The van der Waals surface area contributed by atoms with Crippen LogP contribution < -0.4 is 11.0 Å². The van der Waals surface area contributed by atoms with E-state index in [1.807, 2.05) is 31.2 Å². The molecule has 1 amide bonds. The molecule has 3 rings (SSSR count). The average Bonchev–Trinajstić information content (AvgIpc) is 3.20. The molecule has 0 fully saturated rings. The summed E-state index contributed by atoms with van der Waals surface area (Å²) >= 11 is 0. The molecule has 2 aromatic heterocycles. The van der Waals surface area contributed by atoms with Gasteiger partial charge in [0.05, 0.1) is 17.6 Å². The number of H-pyrrole nitrogens is 1. The first-order chi connectivity index (χ1) is 12.1. The van der Waals surface area contributed by atoms with E-state index in [9.17, 15) is 9.59 Å². The lowest BCUT2D eigenvalue weighted by Crippen LogP contribution is -2.35. The van der Waals surface area contributed by atoms with Gasteiger partial charge in [0, 0.05) is 13.5 Å². The van der Waals surface area contributed by atoms with Crippen molar-refractivity contribution >= 4 is 16.9 Å². The minimum absolute atomic E-state index is 0.0790. The highest BCUT2D eigenvalue weighted by molar-refractivity contribution is 5.80. The maximum absolute atomic E-state index is 12.5. The van der Waals surface area contributed by atoms with Crippen LogP contribution in [0.25, 0.3) is 11.0 Å². The van der Waals surface area contributed by atoms with E-state index in [2.05, 4.69) is 10.3 Å². The number of nitrogens with zero attached hydrogens (tertiary/aromatic N) is 1. The third-order valence-corrected chi connectivity index (χ3v) is 4.03. The van der Waals surface area contributed by atoms with Crippen LogP contribution in [0.15, 0.2) is 45.6 Å². The van der Waals surface area contributed by atoms with Crippen LogP contribution in [0.2, 0.25) is 0 Å². The van der Waals surface area contributed by atoms with Gasteiger partial charge in [0.2, 0.25) is 5.91 Å². The number of hydrogen-bond donors (Lipinski definition) is 2. The van der Waals surface area contributed by atoms with Crippen LogP contribution in [0.5, 0.6) is 0 Å². The number of carbonyl (C=O) groups excluding carboxylic acids is 1. The molecule has 0 radical (unpaired) electrons. The number of rotatable bonds is 7. The number of fused-ring (bicyclic) bond motifs is 1. The second-order valence-corrected chi connectivity index (χ2v) is 5.77. The first kappa shape index (κ1) is 17.0. The number of methoxy groups -OCH3 is 1. The van der Waals surface area contributed by atoms with Gasteiger partial charge in [0.25, 0.3) is 0 Å². The van der Waals surface area contributed by atoms with Crippen molar-refractivity contribution < 1.29 is 13.9 Å². The highest BCUT2D eigenvalue weighted by Crippen LogP contribution is 2.18. The summed E-state index contributed by atoms with van der Waals surface area (Å²) < 4.78 is 12.3. The van der Waals surface area contributed by atoms with E-state index in [4.69, 9.17) is 9.15 Å². The molecule has 25 heavy (non-hydrogen) atoms. The Morgan fingerprint density at radius 1 is 1.32 bits per heavy atom. The standard InChI is InChI=1S/C18H21N3O4/c1-3-12-8-9-16(25-12)14(11-24-2)19-17(22)10-21-15-7-5-4-6-13(15)20-18(21)23/h4-9,14H,3,10-11H2,1-2H3,(H,19,22)(H,20,23)/t14-/m1/s1. The van der Waals surface area contributed by atoms with Gasteiger partial charge in [0.1, 0.15) is 24.1 Å². The van der Waals surface area contributed by atoms with Gasteiger partial charge < -0.3 is 19.5 Å². The highest BCUT2D eigenvalue weighted by atomic mass is 16.5. The van der Waals surface area contributed by atoms with Crippen LogP contribution >= 0.6 is 0 Å². The molecule has 132 valence electrons. The fourth-order valence-corrected chi connectivity index (χ4v) is 2.78. The zero-order valence-corrected chi connectivity index (χ0v) is 14.2. The minimum atomic E-state index is -0.404. The van der Waals surface area contributed by atoms with Gasteiger partial charge in [-0.25, -0.2) is 4.79 Å². The van der Waals surface area contributed by atoms with Crippen LogP contribution in [-0.2, 0) is 22.5 Å². The van der Waals surface area contributed by atoms with Crippen LogP contribution in [0.4, 0.5) is 0 Å². The Morgan fingerprint density at radius 3 is 2.84 bits per heavy atom. The predicted octanol–water partition coefficient (Wildman–Crippen LogP) is 1.99. The molecule has 7 nitrogen and oxygen atoms in total. The van der Waals surface area contributed by atoms with Crippen molar-refractivity contribution in [3.05, 3.63) is 58.4 Å². The van der Waals surface area contributed by atoms with E-state index in [1.54, 1.807) is 19.2 Å². The number of benzene rings is 1.